The summed E-state index contributed by atoms with van der Waals surface area (Å²) >= 11 is 0. The summed E-state index contributed by atoms with van der Waals surface area (Å²) in [7, 11) is 1.88. The van der Waals surface area contributed by atoms with E-state index in [1.54, 1.807) is 0 Å². The molecule has 6 rings (SSSR count). The number of hydrogen-bond donors (Lipinski definition) is 2. The molecule has 0 aliphatic carbocycles. The average molecular weight is 325 g/mol. The highest BCUT2D eigenvalue weighted by atomic mass is 16.2. The lowest BCUT2D eigenvalue weighted by Crippen LogP contribution is -2.17. The third-order valence-electron chi connectivity index (χ3n) is 5.47. The molecular weight excluding hydrogens is 310 g/mol. The predicted molar refractivity (Wildman–Crippen MR) is 101 cm³/mol. The lowest BCUT2D eigenvalue weighted by molar-refractivity contribution is 0.0818. The van der Waals surface area contributed by atoms with E-state index in [4.69, 9.17) is 0 Å². The Morgan fingerprint density at radius 3 is 2.08 bits per heavy atom. The molecule has 0 fully saturated rings. The highest BCUT2D eigenvalue weighted by Crippen LogP contribution is 2.43. The van der Waals surface area contributed by atoms with Crippen LogP contribution >= 0.6 is 0 Å². The fraction of sp³-hybridized carbons (Fsp3) is 0.0952. The molecule has 4 nitrogen and oxygen atoms in total. The number of para-hydroxylation sites is 2. The molecule has 1 amide bonds. The third-order valence-corrected chi connectivity index (χ3v) is 5.47. The summed E-state index contributed by atoms with van der Waals surface area (Å²) in [6.45, 7) is 0.655. The zero-order valence-electron chi connectivity index (χ0n) is 13.7. The molecule has 0 saturated heterocycles. The lowest BCUT2D eigenvalue weighted by Gasteiger charge is -2.05. The number of H-pyrrole nitrogens is 2. The molecule has 0 spiro atoms. The molecular formula is C21H15N3O. The van der Waals surface area contributed by atoms with Crippen molar-refractivity contribution in [3.05, 3.63) is 59.7 Å². The molecule has 0 atom stereocenters. The topological polar surface area (TPSA) is 51.9 Å². The molecule has 120 valence electrons. The Labute approximate surface area is 143 Å². The maximum atomic E-state index is 13.0. The van der Waals surface area contributed by atoms with Crippen molar-refractivity contribution < 1.29 is 4.79 Å². The lowest BCUT2D eigenvalue weighted by atomic mass is 9.97. The van der Waals surface area contributed by atoms with Gasteiger partial charge in [-0.15, -0.1) is 0 Å². The van der Waals surface area contributed by atoms with E-state index in [1.807, 2.05) is 30.1 Å². The van der Waals surface area contributed by atoms with Crippen LogP contribution in [0.1, 0.15) is 15.9 Å². The number of rotatable bonds is 0. The number of carbonyl (C=O) groups is 1. The highest BCUT2D eigenvalue weighted by molar-refractivity contribution is 6.30. The molecule has 5 aromatic rings. The quantitative estimate of drug-likeness (QED) is 0.431. The van der Waals surface area contributed by atoms with Gasteiger partial charge in [-0.05, 0) is 17.7 Å². The number of nitrogens with one attached hydrogen (secondary N) is 2. The van der Waals surface area contributed by atoms with Gasteiger partial charge in [0.05, 0.1) is 16.6 Å². The van der Waals surface area contributed by atoms with E-state index in [9.17, 15) is 4.79 Å². The van der Waals surface area contributed by atoms with Crippen molar-refractivity contribution in [2.45, 2.75) is 6.54 Å². The van der Waals surface area contributed by atoms with E-state index in [0.717, 1.165) is 44.0 Å². The predicted octanol–water partition coefficient (Wildman–Crippen LogP) is 4.54. The van der Waals surface area contributed by atoms with Gasteiger partial charge in [-0.2, -0.15) is 0 Å². The fourth-order valence-electron chi connectivity index (χ4n) is 4.40. The van der Waals surface area contributed by atoms with Crippen molar-refractivity contribution in [2.75, 3.05) is 7.05 Å². The minimum absolute atomic E-state index is 0.108. The van der Waals surface area contributed by atoms with Crippen molar-refractivity contribution in [3.63, 3.8) is 0 Å². The van der Waals surface area contributed by atoms with Crippen LogP contribution in [0.15, 0.2) is 48.5 Å². The number of nitrogens with zero attached hydrogens (tertiary/aromatic N) is 1. The first-order chi connectivity index (χ1) is 12.2. The first-order valence-electron chi connectivity index (χ1n) is 8.45. The third kappa shape index (κ3) is 1.45. The normalized spacial score (nSPS) is 14.4. The SMILES string of the molecule is CN1Cc2c(c3c4ccccc4[nH]c3c3[nH]c4ccccc4c23)C1=O. The van der Waals surface area contributed by atoms with E-state index in [2.05, 4.69) is 40.3 Å². The van der Waals surface area contributed by atoms with Crippen LogP contribution in [0.4, 0.5) is 0 Å². The molecule has 1 aliphatic rings. The summed E-state index contributed by atoms with van der Waals surface area (Å²) in [6, 6.07) is 16.5. The Kier molecular flexibility index (Phi) is 2.21. The highest BCUT2D eigenvalue weighted by Gasteiger charge is 2.32. The Balaban J connectivity index is 1.99. The summed E-state index contributed by atoms with van der Waals surface area (Å²) in [5, 5.41) is 4.50. The first-order valence-corrected chi connectivity index (χ1v) is 8.45. The molecule has 0 radical (unpaired) electrons. The van der Waals surface area contributed by atoms with Gasteiger partial charge in [0.25, 0.3) is 5.91 Å². The number of aromatic nitrogens is 2. The summed E-state index contributed by atoms with van der Waals surface area (Å²) < 4.78 is 0. The number of amides is 1. The molecule has 25 heavy (non-hydrogen) atoms. The van der Waals surface area contributed by atoms with Gasteiger partial charge in [-0.25, -0.2) is 0 Å². The largest absolute Gasteiger partial charge is 0.353 e. The van der Waals surface area contributed by atoms with Crippen LogP contribution in [0.3, 0.4) is 0 Å². The van der Waals surface area contributed by atoms with Gasteiger partial charge in [0, 0.05) is 46.2 Å². The number of aromatic amines is 2. The Morgan fingerprint density at radius 2 is 1.40 bits per heavy atom. The van der Waals surface area contributed by atoms with Crippen molar-refractivity contribution in [2.24, 2.45) is 0 Å². The van der Waals surface area contributed by atoms with Gasteiger partial charge >= 0.3 is 0 Å². The van der Waals surface area contributed by atoms with Crippen LogP contribution in [-0.2, 0) is 6.54 Å². The average Bonchev–Trinajstić information content (AvgIpc) is 3.27. The van der Waals surface area contributed by atoms with Crippen LogP contribution in [0.2, 0.25) is 0 Å². The summed E-state index contributed by atoms with van der Waals surface area (Å²) in [4.78, 5) is 21.9. The summed E-state index contributed by atoms with van der Waals surface area (Å²) in [6.07, 6.45) is 0. The number of fused-ring (bicyclic) bond motifs is 10. The zero-order valence-corrected chi connectivity index (χ0v) is 13.7. The van der Waals surface area contributed by atoms with Gasteiger partial charge in [-0.1, -0.05) is 36.4 Å². The minimum atomic E-state index is 0.108. The number of carbonyl (C=O) groups excluding carboxylic acids is 1. The second kappa shape index (κ2) is 4.22. The molecule has 0 unspecified atom stereocenters. The van der Waals surface area contributed by atoms with Gasteiger partial charge in [0.1, 0.15) is 0 Å². The standard InChI is InChI=1S/C21H15N3O/c1-24-10-13-16-11-6-2-4-8-14(11)22-19(16)20-17(18(13)21(24)25)12-7-3-5-9-15(12)23-20/h2-9,22-23H,10H2,1H3. The van der Waals surface area contributed by atoms with Gasteiger partial charge in [-0.3, -0.25) is 4.79 Å². The van der Waals surface area contributed by atoms with E-state index in [-0.39, 0.29) is 5.91 Å². The fourth-order valence-corrected chi connectivity index (χ4v) is 4.40. The van der Waals surface area contributed by atoms with Gasteiger partial charge in [0.15, 0.2) is 0 Å². The molecule has 1 aliphatic heterocycles. The van der Waals surface area contributed by atoms with Crippen LogP contribution in [0.25, 0.3) is 43.6 Å². The Morgan fingerprint density at radius 1 is 0.840 bits per heavy atom. The Hall–Kier alpha value is -3.27. The van der Waals surface area contributed by atoms with Crippen LogP contribution in [0, 0.1) is 0 Å². The van der Waals surface area contributed by atoms with Crippen molar-refractivity contribution in [1.82, 2.24) is 14.9 Å². The van der Waals surface area contributed by atoms with E-state index in [0.29, 0.717) is 6.54 Å². The monoisotopic (exact) mass is 325 g/mol. The zero-order chi connectivity index (χ0) is 16.7. The maximum absolute atomic E-state index is 13.0. The molecule has 0 saturated carbocycles. The summed E-state index contributed by atoms with van der Waals surface area (Å²) in [5.41, 5.74) is 6.27. The van der Waals surface area contributed by atoms with Crippen molar-refractivity contribution in [1.29, 1.82) is 0 Å². The van der Waals surface area contributed by atoms with E-state index < -0.39 is 0 Å². The molecule has 3 heterocycles. The van der Waals surface area contributed by atoms with Crippen molar-refractivity contribution in [3.8, 4) is 0 Å². The van der Waals surface area contributed by atoms with E-state index >= 15 is 0 Å². The first kappa shape index (κ1) is 13.1. The van der Waals surface area contributed by atoms with Crippen LogP contribution < -0.4 is 0 Å². The van der Waals surface area contributed by atoms with Crippen LogP contribution in [0.5, 0.6) is 0 Å². The number of benzene rings is 3. The molecule has 2 aromatic heterocycles. The molecule has 0 bridgehead atoms. The Bertz CT molecular complexity index is 1360. The van der Waals surface area contributed by atoms with Crippen LogP contribution in [-0.4, -0.2) is 27.8 Å². The summed E-state index contributed by atoms with van der Waals surface area (Å²) in [5.74, 6) is 0.108. The van der Waals surface area contributed by atoms with E-state index in [1.165, 1.54) is 10.8 Å². The second-order valence-electron chi connectivity index (χ2n) is 6.86. The molecule has 2 N–H and O–H groups in total. The maximum Gasteiger partial charge on any atom is 0.254 e. The minimum Gasteiger partial charge on any atom is -0.353 e. The molecule has 3 aromatic carbocycles. The smallest absolute Gasteiger partial charge is 0.254 e. The van der Waals surface area contributed by atoms with Gasteiger partial charge < -0.3 is 14.9 Å². The van der Waals surface area contributed by atoms with Gasteiger partial charge in [0.2, 0.25) is 0 Å². The molecule has 4 heteroatoms. The van der Waals surface area contributed by atoms with Crippen molar-refractivity contribution >= 4 is 49.5 Å². The number of hydrogen-bond acceptors (Lipinski definition) is 1. The second-order valence-corrected chi connectivity index (χ2v) is 6.86.